The molecular weight excluding hydrogens is 458 g/mol. The fourth-order valence-corrected chi connectivity index (χ4v) is 5.34. The van der Waals surface area contributed by atoms with Crippen molar-refractivity contribution in [1.82, 2.24) is 14.9 Å². The van der Waals surface area contributed by atoms with Gasteiger partial charge in [0.15, 0.2) is 0 Å². The van der Waals surface area contributed by atoms with Crippen LogP contribution in [-0.2, 0) is 32.7 Å². The number of methoxy groups -OCH3 is 1. The molecule has 1 unspecified atom stereocenters. The van der Waals surface area contributed by atoms with E-state index in [9.17, 15) is 22.8 Å². The van der Waals surface area contributed by atoms with Crippen LogP contribution in [0.15, 0.2) is 41.3 Å². The van der Waals surface area contributed by atoms with Crippen LogP contribution in [-0.4, -0.2) is 44.2 Å². The van der Waals surface area contributed by atoms with Gasteiger partial charge in [-0.15, -0.1) is 0 Å². The largest absolute Gasteiger partial charge is 0.497 e. The molecular formula is C21H20ClN3O6S. The van der Waals surface area contributed by atoms with Crippen molar-refractivity contribution in [1.29, 1.82) is 0 Å². The average molecular weight is 478 g/mol. The van der Waals surface area contributed by atoms with Crippen molar-refractivity contribution in [3.05, 3.63) is 58.1 Å². The number of imide groups is 1. The third kappa shape index (κ3) is 4.21. The summed E-state index contributed by atoms with van der Waals surface area (Å²) in [4.78, 5) is 37.6. The number of rotatable bonds is 6. The van der Waals surface area contributed by atoms with Crippen LogP contribution in [0.3, 0.4) is 0 Å². The molecule has 2 aliphatic rings. The van der Waals surface area contributed by atoms with Crippen molar-refractivity contribution in [3.63, 3.8) is 0 Å². The maximum Gasteiger partial charge on any atom is 0.255 e. The second kappa shape index (κ2) is 8.53. The first-order chi connectivity index (χ1) is 15.2. The fraction of sp³-hybridized carbons (Fsp3) is 0.286. The lowest BCUT2D eigenvalue weighted by molar-refractivity contribution is -0.136. The number of amides is 3. The molecule has 1 fully saturated rings. The zero-order valence-corrected chi connectivity index (χ0v) is 18.6. The number of benzene rings is 2. The number of ether oxygens (including phenoxy) is 1. The third-order valence-electron chi connectivity index (χ3n) is 5.48. The van der Waals surface area contributed by atoms with Crippen LogP contribution in [0, 0.1) is 0 Å². The summed E-state index contributed by atoms with van der Waals surface area (Å²) in [5, 5.41) is 2.33. The molecule has 4 rings (SSSR count). The normalized spacial score (nSPS) is 18.5. The van der Waals surface area contributed by atoms with Crippen LogP contribution < -0.4 is 14.8 Å². The molecule has 1 saturated heterocycles. The van der Waals surface area contributed by atoms with Crippen molar-refractivity contribution in [3.8, 4) is 5.75 Å². The van der Waals surface area contributed by atoms with Crippen molar-refractivity contribution in [2.75, 3.05) is 7.11 Å². The molecule has 168 valence electrons. The summed E-state index contributed by atoms with van der Waals surface area (Å²) in [6, 6.07) is 8.64. The number of nitrogens with one attached hydrogen (secondary N) is 2. The lowest BCUT2D eigenvalue weighted by atomic mass is 10.0. The van der Waals surface area contributed by atoms with Crippen LogP contribution in [0.4, 0.5) is 0 Å². The van der Waals surface area contributed by atoms with Crippen LogP contribution in [0.2, 0.25) is 5.02 Å². The molecule has 2 aromatic carbocycles. The molecule has 32 heavy (non-hydrogen) atoms. The maximum absolute atomic E-state index is 12.8. The molecule has 1 atom stereocenters. The highest BCUT2D eigenvalue weighted by Crippen LogP contribution is 2.29. The Hall–Kier alpha value is -2.95. The lowest BCUT2D eigenvalue weighted by Crippen LogP contribution is -2.52. The summed E-state index contributed by atoms with van der Waals surface area (Å²) >= 11 is 6.05. The minimum atomic E-state index is -3.91. The predicted molar refractivity (Wildman–Crippen MR) is 115 cm³/mol. The van der Waals surface area contributed by atoms with E-state index in [1.807, 2.05) is 0 Å². The Kier molecular flexibility index (Phi) is 5.93. The van der Waals surface area contributed by atoms with Crippen LogP contribution in [0.25, 0.3) is 0 Å². The van der Waals surface area contributed by atoms with Gasteiger partial charge in [-0.2, -0.15) is 0 Å². The van der Waals surface area contributed by atoms with Crippen molar-refractivity contribution in [2.24, 2.45) is 0 Å². The Labute approximate surface area is 189 Å². The first kappa shape index (κ1) is 22.3. The molecule has 2 N–H and O–H groups in total. The number of nitrogens with zero attached hydrogens (tertiary/aromatic N) is 1. The number of sulfonamides is 1. The molecule has 0 radical (unpaired) electrons. The Morgan fingerprint density at radius 3 is 2.69 bits per heavy atom. The van der Waals surface area contributed by atoms with Crippen molar-refractivity contribution < 1.29 is 27.5 Å². The van der Waals surface area contributed by atoms with Gasteiger partial charge in [-0.05, 0) is 35.7 Å². The Bertz CT molecular complexity index is 1230. The van der Waals surface area contributed by atoms with Gasteiger partial charge in [-0.25, -0.2) is 13.1 Å². The molecule has 2 aromatic rings. The van der Waals surface area contributed by atoms with E-state index in [1.54, 1.807) is 24.3 Å². The zero-order valence-electron chi connectivity index (χ0n) is 17.1. The minimum absolute atomic E-state index is 0.0181. The van der Waals surface area contributed by atoms with E-state index in [1.165, 1.54) is 24.1 Å². The topological polar surface area (TPSA) is 122 Å². The third-order valence-corrected chi connectivity index (χ3v) is 7.36. The van der Waals surface area contributed by atoms with Gasteiger partial charge in [0.1, 0.15) is 16.7 Å². The molecule has 0 spiro atoms. The number of hydrogen-bond donors (Lipinski definition) is 2. The van der Waals surface area contributed by atoms with E-state index in [4.69, 9.17) is 16.3 Å². The van der Waals surface area contributed by atoms with E-state index in [0.717, 1.165) is 0 Å². The van der Waals surface area contributed by atoms with Gasteiger partial charge in [0.2, 0.25) is 21.8 Å². The van der Waals surface area contributed by atoms with E-state index in [0.29, 0.717) is 22.4 Å². The molecule has 11 heteroatoms. The molecule has 0 saturated carbocycles. The molecule has 2 heterocycles. The monoisotopic (exact) mass is 477 g/mol. The number of hydrogen-bond acceptors (Lipinski definition) is 6. The number of halogens is 1. The minimum Gasteiger partial charge on any atom is -0.497 e. The quantitative estimate of drug-likeness (QED) is 0.609. The molecule has 2 aliphatic heterocycles. The van der Waals surface area contributed by atoms with Crippen LogP contribution >= 0.6 is 11.6 Å². The summed E-state index contributed by atoms with van der Waals surface area (Å²) < 4.78 is 33.0. The Morgan fingerprint density at radius 2 is 1.97 bits per heavy atom. The lowest BCUT2D eigenvalue weighted by Gasteiger charge is -2.29. The number of fused-ring (bicyclic) bond motifs is 1. The highest BCUT2D eigenvalue weighted by molar-refractivity contribution is 7.89. The first-order valence-corrected chi connectivity index (χ1v) is 11.7. The van der Waals surface area contributed by atoms with Gasteiger partial charge < -0.3 is 9.64 Å². The second-order valence-corrected chi connectivity index (χ2v) is 9.65. The molecule has 0 aliphatic carbocycles. The maximum atomic E-state index is 12.8. The number of carbonyl (C=O) groups excluding carboxylic acids is 3. The van der Waals surface area contributed by atoms with Crippen molar-refractivity contribution >= 4 is 39.3 Å². The van der Waals surface area contributed by atoms with Gasteiger partial charge in [0, 0.05) is 31.1 Å². The summed E-state index contributed by atoms with van der Waals surface area (Å²) in [5.41, 5.74) is 1.79. The highest BCUT2D eigenvalue weighted by atomic mass is 35.5. The highest BCUT2D eigenvalue weighted by Gasteiger charge is 2.39. The van der Waals surface area contributed by atoms with Crippen LogP contribution in [0.5, 0.6) is 5.75 Å². The summed E-state index contributed by atoms with van der Waals surface area (Å²) in [5.74, 6) is -0.754. The number of carbonyl (C=O) groups is 3. The average Bonchev–Trinajstić information content (AvgIpc) is 3.08. The predicted octanol–water partition coefficient (Wildman–Crippen LogP) is 1.59. The summed E-state index contributed by atoms with van der Waals surface area (Å²) in [7, 11) is -2.48. The van der Waals surface area contributed by atoms with E-state index < -0.39 is 22.0 Å². The van der Waals surface area contributed by atoms with Gasteiger partial charge in [0.05, 0.1) is 12.1 Å². The first-order valence-electron chi connectivity index (χ1n) is 9.79. The Balaban J connectivity index is 1.49. The van der Waals surface area contributed by atoms with Gasteiger partial charge >= 0.3 is 0 Å². The summed E-state index contributed by atoms with van der Waals surface area (Å²) in [6.45, 7) is 0.193. The zero-order chi connectivity index (χ0) is 23.0. The van der Waals surface area contributed by atoms with Crippen LogP contribution in [0.1, 0.15) is 34.3 Å². The fourth-order valence-electron chi connectivity index (χ4n) is 3.81. The molecule has 3 amide bonds. The Morgan fingerprint density at radius 1 is 1.19 bits per heavy atom. The summed E-state index contributed by atoms with van der Waals surface area (Å²) in [6.07, 6.45) is 0.453. The molecule has 0 bridgehead atoms. The molecule has 0 aromatic heterocycles. The van der Waals surface area contributed by atoms with Gasteiger partial charge in [-0.3, -0.25) is 19.7 Å². The van der Waals surface area contributed by atoms with E-state index in [-0.39, 0.29) is 47.7 Å². The molecule has 9 nitrogen and oxygen atoms in total. The van der Waals surface area contributed by atoms with E-state index >= 15 is 0 Å². The standard InChI is InChI=1S/C21H20ClN3O6S/c1-31-14-3-5-16(22)18(9-14)32(29,30)23-10-12-2-4-15-13(8-12)11-25(21(15)28)17-6-7-19(26)24-20(17)27/h2-5,8-9,17,23H,6-7,10-11H2,1H3,(H,24,26,27). The van der Waals surface area contributed by atoms with Crippen molar-refractivity contribution in [2.45, 2.75) is 36.9 Å². The smallest absolute Gasteiger partial charge is 0.255 e. The van der Waals surface area contributed by atoms with Gasteiger partial charge in [-0.1, -0.05) is 23.7 Å². The number of piperidine rings is 1. The van der Waals surface area contributed by atoms with Gasteiger partial charge in [0.25, 0.3) is 5.91 Å². The SMILES string of the molecule is COc1ccc(Cl)c(S(=O)(=O)NCc2ccc3c(c2)CN(C2CCC(=O)NC2=O)C3=O)c1. The van der Waals surface area contributed by atoms with E-state index in [2.05, 4.69) is 10.0 Å². The second-order valence-electron chi connectivity index (χ2n) is 7.51.